The Labute approximate surface area is 199 Å². The van der Waals surface area contributed by atoms with Crippen LogP contribution in [0, 0.1) is 26.6 Å². The fourth-order valence-electron chi connectivity index (χ4n) is 4.12. The van der Waals surface area contributed by atoms with E-state index in [2.05, 4.69) is 5.32 Å². The predicted molar refractivity (Wildman–Crippen MR) is 136 cm³/mol. The van der Waals surface area contributed by atoms with Crippen molar-refractivity contribution in [2.24, 2.45) is 0 Å². The first-order valence-electron chi connectivity index (χ1n) is 11.3. The summed E-state index contributed by atoms with van der Waals surface area (Å²) in [6.45, 7) is 10.2. The largest absolute Gasteiger partial charge is 0.493 e. The third kappa shape index (κ3) is 4.46. The van der Waals surface area contributed by atoms with E-state index >= 15 is 0 Å². The monoisotopic (exact) mass is 457 g/mol. The van der Waals surface area contributed by atoms with Crippen molar-refractivity contribution in [2.45, 2.75) is 34.6 Å². The molecule has 0 atom stereocenters. The molecule has 1 N–H and O–H groups in total. The number of hydrogen-bond donors (Lipinski definition) is 1. The molecule has 0 aliphatic carbocycles. The van der Waals surface area contributed by atoms with Gasteiger partial charge in [-0.1, -0.05) is 24.3 Å². The van der Waals surface area contributed by atoms with Gasteiger partial charge in [0.05, 0.1) is 12.9 Å². The minimum atomic E-state index is -0.291. The summed E-state index contributed by atoms with van der Waals surface area (Å²) in [6.07, 6.45) is 3.26. The molecule has 0 aliphatic rings. The van der Waals surface area contributed by atoms with E-state index in [0.717, 1.165) is 50.0 Å². The number of aryl methyl sites for hydroxylation is 2. The van der Waals surface area contributed by atoms with Crippen molar-refractivity contribution in [2.75, 3.05) is 11.9 Å². The molecule has 3 aromatic carbocycles. The average Bonchev–Trinajstić information content (AvgIpc) is 3.23. The van der Waals surface area contributed by atoms with Gasteiger partial charge in [0.25, 0.3) is 0 Å². The van der Waals surface area contributed by atoms with Crippen molar-refractivity contribution in [3.63, 3.8) is 0 Å². The van der Waals surface area contributed by atoms with Gasteiger partial charge < -0.3 is 14.5 Å². The molecule has 0 bridgehead atoms. The topological polar surface area (TPSA) is 51.5 Å². The number of benzene rings is 3. The van der Waals surface area contributed by atoms with Crippen LogP contribution in [0.15, 0.2) is 65.3 Å². The van der Waals surface area contributed by atoms with Gasteiger partial charge in [-0.15, -0.1) is 0 Å². The number of carbonyl (C=O) groups excluding carboxylic acids is 1. The molecule has 5 heteroatoms. The van der Waals surface area contributed by atoms with E-state index < -0.39 is 0 Å². The van der Waals surface area contributed by atoms with Crippen LogP contribution in [0.2, 0.25) is 0 Å². The fourth-order valence-corrected chi connectivity index (χ4v) is 4.12. The Morgan fingerprint density at radius 3 is 2.53 bits per heavy atom. The van der Waals surface area contributed by atoms with E-state index in [4.69, 9.17) is 9.15 Å². The predicted octanol–water partition coefficient (Wildman–Crippen LogP) is 7.60. The number of ether oxygens (including phenoxy) is 1. The molecule has 0 radical (unpaired) electrons. The maximum absolute atomic E-state index is 13.5. The van der Waals surface area contributed by atoms with Gasteiger partial charge in [0.15, 0.2) is 0 Å². The summed E-state index contributed by atoms with van der Waals surface area (Å²) in [5.41, 5.74) is 7.79. The number of anilines is 1. The summed E-state index contributed by atoms with van der Waals surface area (Å²) >= 11 is 0. The van der Waals surface area contributed by atoms with E-state index in [1.807, 2.05) is 58.9 Å². The van der Waals surface area contributed by atoms with E-state index in [1.54, 1.807) is 24.5 Å². The molecule has 0 saturated heterocycles. The van der Waals surface area contributed by atoms with E-state index in [1.165, 1.54) is 12.1 Å². The second kappa shape index (κ2) is 9.56. The molecule has 4 nitrogen and oxygen atoms in total. The molecule has 4 aromatic rings. The van der Waals surface area contributed by atoms with Crippen molar-refractivity contribution in [3.8, 4) is 16.9 Å². The van der Waals surface area contributed by atoms with Crippen LogP contribution in [0.25, 0.3) is 27.7 Å². The third-order valence-electron chi connectivity index (χ3n) is 6.12. The Morgan fingerprint density at radius 2 is 1.82 bits per heavy atom. The van der Waals surface area contributed by atoms with Crippen LogP contribution >= 0.6 is 0 Å². The van der Waals surface area contributed by atoms with E-state index in [0.29, 0.717) is 17.9 Å². The summed E-state index contributed by atoms with van der Waals surface area (Å²) in [5, 5.41) is 3.86. The zero-order valence-corrected chi connectivity index (χ0v) is 20.1. The number of furan rings is 1. The van der Waals surface area contributed by atoms with Crippen LogP contribution in [0.4, 0.5) is 10.1 Å². The van der Waals surface area contributed by atoms with Gasteiger partial charge >= 0.3 is 0 Å². The maximum Gasteiger partial charge on any atom is 0.248 e. The first-order valence-corrected chi connectivity index (χ1v) is 11.3. The van der Waals surface area contributed by atoms with Gasteiger partial charge in [-0.2, -0.15) is 0 Å². The summed E-state index contributed by atoms with van der Waals surface area (Å²) in [6, 6.07) is 14.1. The molecule has 0 fully saturated rings. The minimum absolute atomic E-state index is 0.211. The number of halogens is 1. The first-order chi connectivity index (χ1) is 16.3. The molecule has 1 amide bonds. The number of hydrogen-bond acceptors (Lipinski definition) is 3. The Hall–Kier alpha value is -3.86. The van der Waals surface area contributed by atoms with Gasteiger partial charge in [0.2, 0.25) is 5.91 Å². The summed E-state index contributed by atoms with van der Waals surface area (Å²) in [4.78, 5) is 12.9. The molecule has 0 unspecified atom stereocenters. The lowest BCUT2D eigenvalue weighted by atomic mass is 9.96. The number of nitrogens with one attached hydrogen (secondary N) is 1. The number of allylic oxidation sites excluding steroid dienone is 1. The van der Waals surface area contributed by atoms with Gasteiger partial charge in [-0.05, 0) is 81.1 Å². The lowest BCUT2D eigenvalue weighted by molar-refractivity contribution is -0.111. The molecule has 0 aliphatic heterocycles. The Morgan fingerprint density at radius 1 is 1.09 bits per heavy atom. The highest BCUT2D eigenvalue weighted by atomic mass is 19.1. The molecule has 0 spiro atoms. The molecular weight excluding hydrogens is 429 g/mol. The zero-order valence-electron chi connectivity index (χ0n) is 20.1. The highest BCUT2D eigenvalue weighted by Crippen LogP contribution is 2.40. The maximum atomic E-state index is 13.5. The molecule has 1 aromatic heterocycles. The Bertz CT molecular complexity index is 1400. The molecule has 34 heavy (non-hydrogen) atoms. The van der Waals surface area contributed by atoms with Crippen LogP contribution in [-0.2, 0) is 4.79 Å². The molecule has 1 heterocycles. The van der Waals surface area contributed by atoms with Gasteiger partial charge in [-0.25, -0.2) is 4.39 Å². The number of fused-ring (bicyclic) bond motifs is 1. The van der Waals surface area contributed by atoms with Gasteiger partial charge in [-0.3, -0.25) is 4.79 Å². The van der Waals surface area contributed by atoms with Gasteiger partial charge in [0, 0.05) is 33.8 Å². The van der Waals surface area contributed by atoms with Crippen molar-refractivity contribution in [1.29, 1.82) is 0 Å². The Balaban J connectivity index is 1.78. The van der Waals surface area contributed by atoms with E-state index in [-0.39, 0.29) is 11.7 Å². The lowest BCUT2D eigenvalue weighted by Crippen LogP contribution is -2.10. The van der Waals surface area contributed by atoms with E-state index in [9.17, 15) is 9.18 Å². The van der Waals surface area contributed by atoms with Crippen LogP contribution in [0.5, 0.6) is 5.75 Å². The summed E-state index contributed by atoms with van der Waals surface area (Å²) < 4.78 is 25.3. The van der Waals surface area contributed by atoms with Crippen LogP contribution in [0.3, 0.4) is 0 Å². The third-order valence-corrected chi connectivity index (χ3v) is 6.12. The summed E-state index contributed by atoms with van der Waals surface area (Å²) in [5.74, 6) is 0.182. The second-order valence-corrected chi connectivity index (χ2v) is 8.41. The second-order valence-electron chi connectivity index (χ2n) is 8.41. The quantitative estimate of drug-likeness (QED) is 0.303. The smallest absolute Gasteiger partial charge is 0.248 e. The highest BCUT2D eigenvalue weighted by molar-refractivity contribution is 6.06. The van der Waals surface area contributed by atoms with Crippen LogP contribution in [-0.4, -0.2) is 12.5 Å². The van der Waals surface area contributed by atoms with Crippen molar-refractivity contribution < 1.29 is 18.3 Å². The molecule has 0 saturated carbocycles. The lowest BCUT2D eigenvalue weighted by Gasteiger charge is -2.15. The van der Waals surface area contributed by atoms with Crippen molar-refractivity contribution in [1.82, 2.24) is 0 Å². The standard InChI is InChI=1S/C29H28FNO3/c1-6-33-28-20(5)29-24(25(16-34-29)21-10-12-22(30)13-11-21)15-23(28)18(3)14-27(32)31-26-9-7-8-17(2)19(26)4/h7-16H,6H2,1-5H3,(H,31,32)/b18-14+. The number of rotatable bonds is 6. The van der Waals surface area contributed by atoms with Crippen molar-refractivity contribution in [3.05, 3.63) is 88.9 Å². The molecular formula is C29H28FNO3. The van der Waals surface area contributed by atoms with Crippen LogP contribution in [0.1, 0.15) is 36.1 Å². The van der Waals surface area contributed by atoms with Crippen molar-refractivity contribution >= 4 is 28.1 Å². The number of carbonyl (C=O) groups is 1. The van der Waals surface area contributed by atoms with Gasteiger partial charge in [0.1, 0.15) is 17.1 Å². The fraction of sp³-hybridized carbons (Fsp3) is 0.207. The molecule has 4 rings (SSSR count). The highest BCUT2D eigenvalue weighted by Gasteiger charge is 2.19. The minimum Gasteiger partial charge on any atom is -0.493 e. The number of amides is 1. The average molecular weight is 458 g/mol. The zero-order chi connectivity index (χ0) is 24.4. The Kier molecular flexibility index (Phi) is 6.55. The summed E-state index contributed by atoms with van der Waals surface area (Å²) in [7, 11) is 0. The normalized spacial score (nSPS) is 11.6. The SMILES string of the molecule is CCOc1c(/C(C)=C/C(=O)Nc2cccc(C)c2C)cc2c(-c3ccc(F)cc3)coc2c1C. The molecule has 174 valence electrons. The van der Waals surface area contributed by atoms with Crippen LogP contribution < -0.4 is 10.1 Å². The first kappa shape index (κ1) is 23.3.